The number of rotatable bonds is 5. The highest BCUT2D eigenvalue weighted by Crippen LogP contribution is 2.10. The molecule has 96 valence electrons. The van der Waals surface area contributed by atoms with Crippen molar-refractivity contribution in [2.24, 2.45) is 0 Å². The van der Waals surface area contributed by atoms with Gasteiger partial charge >= 0.3 is 0 Å². The summed E-state index contributed by atoms with van der Waals surface area (Å²) in [5.41, 5.74) is 2.38. The fraction of sp³-hybridized carbons (Fsp3) is 0.429. The van der Waals surface area contributed by atoms with E-state index in [-0.39, 0.29) is 0 Å². The van der Waals surface area contributed by atoms with Gasteiger partial charge in [-0.2, -0.15) is 0 Å². The molecule has 0 aliphatic carbocycles. The van der Waals surface area contributed by atoms with E-state index in [4.69, 9.17) is 0 Å². The van der Waals surface area contributed by atoms with Gasteiger partial charge in [0.2, 0.25) is 0 Å². The van der Waals surface area contributed by atoms with Crippen LogP contribution in [-0.2, 0) is 13.1 Å². The molecule has 0 bridgehead atoms. The Balaban J connectivity index is 2.03. The van der Waals surface area contributed by atoms with Crippen molar-refractivity contribution in [1.82, 2.24) is 14.8 Å². The Labute approximate surface area is 108 Å². The average molecular weight is 244 g/mol. The summed E-state index contributed by atoms with van der Waals surface area (Å²) < 4.78 is 2.17. The molecule has 1 aromatic heterocycles. The maximum absolute atomic E-state index is 4.22. The lowest BCUT2D eigenvalue weighted by molar-refractivity contribution is 0.628. The van der Waals surface area contributed by atoms with Crippen LogP contribution < -0.4 is 5.32 Å². The van der Waals surface area contributed by atoms with Crippen LogP contribution in [0.2, 0.25) is 0 Å². The van der Waals surface area contributed by atoms with Crippen molar-refractivity contribution in [3.63, 3.8) is 0 Å². The van der Waals surface area contributed by atoms with Gasteiger partial charge in [0.05, 0.1) is 6.54 Å². The van der Waals surface area contributed by atoms with Crippen molar-refractivity contribution >= 4 is 5.69 Å². The lowest BCUT2D eigenvalue weighted by Crippen LogP contribution is -2.10. The number of aryl methyl sites for hydroxylation is 2. The van der Waals surface area contributed by atoms with Crippen LogP contribution >= 0.6 is 0 Å². The first-order chi connectivity index (χ1) is 8.70. The first kappa shape index (κ1) is 12.6. The van der Waals surface area contributed by atoms with Crippen molar-refractivity contribution in [3.05, 3.63) is 41.5 Å². The summed E-state index contributed by atoms with van der Waals surface area (Å²) in [5.74, 6) is 1.98. The number of nitrogens with one attached hydrogen (secondary N) is 1. The number of hydrogen-bond acceptors (Lipinski definition) is 3. The summed E-state index contributed by atoms with van der Waals surface area (Å²) in [6, 6.07) is 8.38. The van der Waals surface area contributed by atoms with Crippen LogP contribution in [0.3, 0.4) is 0 Å². The van der Waals surface area contributed by atoms with Crippen molar-refractivity contribution in [2.45, 2.75) is 40.3 Å². The smallest absolute Gasteiger partial charge is 0.152 e. The highest BCUT2D eigenvalue weighted by Gasteiger charge is 2.07. The molecule has 0 saturated carbocycles. The monoisotopic (exact) mass is 244 g/mol. The van der Waals surface area contributed by atoms with Crippen LogP contribution in [0, 0.1) is 13.8 Å². The van der Waals surface area contributed by atoms with Gasteiger partial charge in [-0.3, -0.25) is 0 Å². The molecule has 0 unspecified atom stereocenters. The van der Waals surface area contributed by atoms with Crippen molar-refractivity contribution < 1.29 is 0 Å². The first-order valence-electron chi connectivity index (χ1n) is 6.40. The first-order valence-corrected chi connectivity index (χ1v) is 6.40. The molecule has 0 aliphatic rings. The summed E-state index contributed by atoms with van der Waals surface area (Å²) in [4.78, 5) is 0. The van der Waals surface area contributed by atoms with Gasteiger partial charge in [0, 0.05) is 12.2 Å². The number of benzene rings is 1. The van der Waals surface area contributed by atoms with E-state index >= 15 is 0 Å². The van der Waals surface area contributed by atoms with Crippen LogP contribution in [0.15, 0.2) is 24.3 Å². The van der Waals surface area contributed by atoms with E-state index in [1.165, 1.54) is 5.56 Å². The molecule has 2 rings (SSSR count). The SMILES string of the molecule is CCCn1c(C)nnc1CNc1ccc(C)cc1. The van der Waals surface area contributed by atoms with E-state index in [0.717, 1.165) is 30.3 Å². The van der Waals surface area contributed by atoms with Gasteiger partial charge in [-0.15, -0.1) is 10.2 Å². The number of nitrogens with zero attached hydrogens (tertiary/aromatic N) is 3. The predicted octanol–water partition coefficient (Wildman–Crippen LogP) is 2.92. The van der Waals surface area contributed by atoms with E-state index in [0.29, 0.717) is 6.54 Å². The van der Waals surface area contributed by atoms with Crippen LogP contribution in [0.4, 0.5) is 5.69 Å². The maximum Gasteiger partial charge on any atom is 0.152 e. The number of anilines is 1. The Hall–Kier alpha value is -1.84. The normalized spacial score (nSPS) is 10.6. The molecule has 0 amide bonds. The zero-order chi connectivity index (χ0) is 13.0. The second-order valence-corrected chi connectivity index (χ2v) is 4.53. The highest BCUT2D eigenvalue weighted by molar-refractivity contribution is 5.44. The average Bonchev–Trinajstić information content (AvgIpc) is 2.71. The van der Waals surface area contributed by atoms with Crippen molar-refractivity contribution in [2.75, 3.05) is 5.32 Å². The third-order valence-corrected chi connectivity index (χ3v) is 2.96. The minimum Gasteiger partial charge on any atom is -0.378 e. The van der Waals surface area contributed by atoms with E-state index in [1.807, 2.05) is 6.92 Å². The Kier molecular flexibility index (Phi) is 3.97. The number of hydrogen-bond donors (Lipinski definition) is 1. The summed E-state index contributed by atoms with van der Waals surface area (Å²) in [6.07, 6.45) is 1.09. The Morgan fingerprint density at radius 1 is 1.11 bits per heavy atom. The van der Waals surface area contributed by atoms with E-state index in [9.17, 15) is 0 Å². The zero-order valence-electron chi connectivity index (χ0n) is 11.3. The minimum absolute atomic E-state index is 0.712. The summed E-state index contributed by atoms with van der Waals surface area (Å²) in [5, 5.41) is 11.7. The highest BCUT2D eigenvalue weighted by atomic mass is 15.3. The fourth-order valence-electron chi connectivity index (χ4n) is 1.92. The van der Waals surface area contributed by atoms with E-state index in [2.05, 4.69) is 58.2 Å². The van der Waals surface area contributed by atoms with Crippen molar-refractivity contribution in [1.29, 1.82) is 0 Å². The Morgan fingerprint density at radius 2 is 1.83 bits per heavy atom. The second kappa shape index (κ2) is 5.67. The minimum atomic E-state index is 0.712. The molecular weight excluding hydrogens is 224 g/mol. The topological polar surface area (TPSA) is 42.7 Å². The molecule has 0 atom stereocenters. The van der Waals surface area contributed by atoms with E-state index in [1.54, 1.807) is 0 Å². The molecule has 1 aromatic carbocycles. The molecule has 2 aromatic rings. The van der Waals surface area contributed by atoms with Gasteiger partial charge in [-0.05, 0) is 32.4 Å². The van der Waals surface area contributed by atoms with E-state index < -0.39 is 0 Å². The molecule has 0 radical (unpaired) electrons. The standard InChI is InChI=1S/C14H20N4/c1-4-9-18-12(3)16-17-14(18)10-15-13-7-5-11(2)6-8-13/h5-8,15H,4,9-10H2,1-3H3. The van der Waals surface area contributed by atoms with Gasteiger partial charge in [0.15, 0.2) is 5.82 Å². The van der Waals surface area contributed by atoms with Crippen LogP contribution in [-0.4, -0.2) is 14.8 Å². The molecule has 18 heavy (non-hydrogen) atoms. The molecule has 0 aliphatic heterocycles. The van der Waals surface area contributed by atoms with Crippen LogP contribution in [0.25, 0.3) is 0 Å². The summed E-state index contributed by atoms with van der Waals surface area (Å²) >= 11 is 0. The second-order valence-electron chi connectivity index (χ2n) is 4.53. The van der Waals surface area contributed by atoms with Gasteiger partial charge in [0.25, 0.3) is 0 Å². The van der Waals surface area contributed by atoms with Gasteiger partial charge in [0.1, 0.15) is 5.82 Å². The lowest BCUT2D eigenvalue weighted by atomic mass is 10.2. The number of aromatic nitrogens is 3. The molecule has 1 N–H and O–H groups in total. The van der Waals surface area contributed by atoms with Gasteiger partial charge in [-0.25, -0.2) is 0 Å². The molecule has 4 heteroatoms. The fourth-order valence-corrected chi connectivity index (χ4v) is 1.92. The molecule has 0 saturated heterocycles. The third-order valence-electron chi connectivity index (χ3n) is 2.96. The summed E-state index contributed by atoms with van der Waals surface area (Å²) in [7, 11) is 0. The zero-order valence-corrected chi connectivity index (χ0v) is 11.3. The molecule has 0 fully saturated rings. The Bertz CT molecular complexity index is 499. The maximum atomic E-state index is 4.22. The largest absolute Gasteiger partial charge is 0.378 e. The molecule has 4 nitrogen and oxygen atoms in total. The lowest BCUT2D eigenvalue weighted by Gasteiger charge is -2.09. The molecule has 1 heterocycles. The van der Waals surface area contributed by atoms with Crippen molar-refractivity contribution in [3.8, 4) is 0 Å². The Morgan fingerprint density at radius 3 is 2.50 bits per heavy atom. The van der Waals surface area contributed by atoms with Gasteiger partial charge in [-0.1, -0.05) is 24.6 Å². The molecule has 0 spiro atoms. The molecular formula is C14H20N4. The van der Waals surface area contributed by atoms with Crippen LogP contribution in [0.5, 0.6) is 0 Å². The third kappa shape index (κ3) is 2.88. The van der Waals surface area contributed by atoms with Crippen LogP contribution in [0.1, 0.15) is 30.6 Å². The van der Waals surface area contributed by atoms with Gasteiger partial charge < -0.3 is 9.88 Å². The summed E-state index contributed by atoms with van der Waals surface area (Å²) in [6.45, 7) is 7.94. The predicted molar refractivity (Wildman–Crippen MR) is 73.6 cm³/mol. The quantitative estimate of drug-likeness (QED) is 0.879.